The number of hydrogen-bond donors (Lipinski definition) is 1. The molecule has 0 aliphatic heterocycles. The highest BCUT2D eigenvalue weighted by molar-refractivity contribution is 7.99. The van der Waals surface area contributed by atoms with Crippen molar-refractivity contribution in [1.29, 1.82) is 0 Å². The van der Waals surface area contributed by atoms with Crippen LogP contribution in [-0.4, -0.2) is 22.0 Å². The van der Waals surface area contributed by atoms with Gasteiger partial charge in [-0.2, -0.15) is 0 Å². The Labute approximate surface area is 124 Å². The molecule has 0 aliphatic rings. The molecule has 0 atom stereocenters. The third-order valence-corrected chi connectivity index (χ3v) is 3.97. The number of aromatic nitrogens is 3. The molecule has 5 heteroatoms. The van der Waals surface area contributed by atoms with Gasteiger partial charge in [0.1, 0.15) is 16.7 Å². The fraction of sp³-hybridized carbons (Fsp3) is 0.400. The Morgan fingerprint density at radius 2 is 1.75 bits per heavy atom. The lowest BCUT2D eigenvalue weighted by Gasteiger charge is -2.20. The second-order valence-corrected chi connectivity index (χ2v) is 6.67. The Hall–Kier alpha value is -1.62. The average molecular weight is 288 g/mol. The molecule has 0 aliphatic carbocycles. The van der Waals surface area contributed by atoms with Gasteiger partial charge in [0.05, 0.1) is 0 Å². The molecule has 2 aromatic rings. The molecule has 0 amide bonds. The van der Waals surface area contributed by atoms with Gasteiger partial charge in [-0.3, -0.25) is 4.98 Å². The lowest BCUT2D eigenvalue weighted by atomic mass is 9.95. The van der Waals surface area contributed by atoms with Crippen LogP contribution < -0.4 is 5.32 Å². The van der Waals surface area contributed by atoms with Crippen molar-refractivity contribution in [3.8, 4) is 0 Å². The van der Waals surface area contributed by atoms with Crippen LogP contribution in [0.3, 0.4) is 0 Å². The van der Waals surface area contributed by atoms with E-state index in [0.29, 0.717) is 0 Å². The lowest BCUT2D eigenvalue weighted by molar-refractivity contribution is 0.538. The summed E-state index contributed by atoms with van der Waals surface area (Å²) in [5.74, 6) is 1.74. The maximum Gasteiger partial charge on any atom is 0.137 e. The van der Waals surface area contributed by atoms with Crippen molar-refractivity contribution in [1.82, 2.24) is 15.0 Å². The molecule has 0 unspecified atom stereocenters. The molecule has 1 N–H and O–H groups in total. The first-order chi connectivity index (χ1) is 9.41. The molecule has 0 saturated carbocycles. The van der Waals surface area contributed by atoms with Gasteiger partial charge >= 0.3 is 0 Å². The quantitative estimate of drug-likeness (QED) is 0.873. The largest absolute Gasteiger partial charge is 0.373 e. The molecule has 0 fully saturated rings. The van der Waals surface area contributed by atoms with Crippen LogP contribution in [0.25, 0.3) is 0 Å². The van der Waals surface area contributed by atoms with E-state index in [-0.39, 0.29) is 5.41 Å². The second-order valence-electron chi connectivity index (χ2n) is 5.61. The first kappa shape index (κ1) is 14.8. The van der Waals surface area contributed by atoms with Crippen LogP contribution in [-0.2, 0) is 5.41 Å². The predicted molar refractivity (Wildman–Crippen MR) is 83.4 cm³/mol. The fourth-order valence-corrected chi connectivity index (χ4v) is 2.56. The molecule has 2 heterocycles. The molecule has 0 aromatic carbocycles. The molecule has 20 heavy (non-hydrogen) atoms. The van der Waals surface area contributed by atoms with E-state index in [1.54, 1.807) is 24.2 Å². The minimum absolute atomic E-state index is 0.0765. The third kappa shape index (κ3) is 3.28. The molecule has 106 valence electrons. The standard InChI is InChI=1S/C15H20N4S/c1-10-12(16-5)18-14(15(2,3)4)19-13(10)20-11-6-8-17-9-7-11/h6-9H,1-5H3,(H,16,18,19). The maximum atomic E-state index is 4.74. The smallest absolute Gasteiger partial charge is 0.137 e. The SMILES string of the molecule is CNc1nc(C(C)(C)C)nc(Sc2ccncc2)c1C. The van der Waals surface area contributed by atoms with Crippen molar-refractivity contribution in [3.63, 3.8) is 0 Å². The topological polar surface area (TPSA) is 50.7 Å². The van der Waals surface area contributed by atoms with Crippen molar-refractivity contribution in [3.05, 3.63) is 35.9 Å². The first-order valence-electron chi connectivity index (χ1n) is 6.56. The normalized spacial score (nSPS) is 11.4. The van der Waals surface area contributed by atoms with Crippen LogP contribution in [0, 0.1) is 6.92 Å². The van der Waals surface area contributed by atoms with E-state index in [1.165, 1.54) is 0 Å². The minimum Gasteiger partial charge on any atom is -0.373 e. The van der Waals surface area contributed by atoms with E-state index >= 15 is 0 Å². The van der Waals surface area contributed by atoms with E-state index < -0.39 is 0 Å². The van der Waals surface area contributed by atoms with Gasteiger partial charge in [-0.05, 0) is 19.1 Å². The number of anilines is 1. The minimum atomic E-state index is -0.0765. The number of nitrogens with one attached hydrogen (secondary N) is 1. The Balaban J connectivity index is 2.46. The summed E-state index contributed by atoms with van der Waals surface area (Å²) >= 11 is 1.64. The molecular weight excluding hydrogens is 268 g/mol. The van der Waals surface area contributed by atoms with Crippen LogP contribution in [0.4, 0.5) is 5.82 Å². The predicted octanol–water partition coefficient (Wildman–Crippen LogP) is 3.67. The van der Waals surface area contributed by atoms with Gasteiger partial charge in [0.15, 0.2) is 0 Å². The van der Waals surface area contributed by atoms with Crippen LogP contribution in [0.1, 0.15) is 32.2 Å². The summed E-state index contributed by atoms with van der Waals surface area (Å²) in [6, 6.07) is 3.98. The molecule has 0 bridgehead atoms. The number of pyridine rings is 1. The molecule has 0 spiro atoms. The molecule has 0 radical (unpaired) electrons. The third-order valence-electron chi connectivity index (χ3n) is 2.87. The highest BCUT2D eigenvalue weighted by atomic mass is 32.2. The highest BCUT2D eigenvalue weighted by Gasteiger charge is 2.21. The average Bonchev–Trinajstić information content (AvgIpc) is 2.41. The zero-order valence-corrected chi connectivity index (χ0v) is 13.4. The summed E-state index contributed by atoms with van der Waals surface area (Å²) in [6.45, 7) is 8.41. The fourth-order valence-electron chi connectivity index (χ4n) is 1.69. The van der Waals surface area contributed by atoms with Crippen LogP contribution in [0.5, 0.6) is 0 Å². The van der Waals surface area contributed by atoms with Crippen LogP contribution in [0.2, 0.25) is 0 Å². The van der Waals surface area contributed by atoms with E-state index in [2.05, 4.69) is 36.1 Å². The Kier molecular flexibility index (Phi) is 4.28. The first-order valence-corrected chi connectivity index (χ1v) is 7.38. The van der Waals surface area contributed by atoms with Crippen molar-refractivity contribution in [2.75, 3.05) is 12.4 Å². The molecule has 0 saturated heterocycles. The molecule has 4 nitrogen and oxygen atoms in total. The van der Waals surface area contributed by atoms with E-state index in [9.17, 15) is 0 Å². The number of nitrogens with zero attached hydrogens (tertiary/aromatic N) is 3. The molecule has 2 rings (SSSR count). The van der Waals surface area contributed by atoms with Gasteiger partial charge < -0.3 is 5.32 Å². The van der Waals surface area contributed by atoms with E-state index in [0.717, 1.165) is 27.1 Å². The van der Waals surface area contributed by atoms with Crippen LogP contribution >= 0.6 is 11.8 Å². The summed E-state index contributed by atoms with van der Waals surface area (Å²) in [6.07, 6.45) is 3.59. The number of rotatable bonds is 3. The van der Waals surface area contributed by atoms with Crippen LogP contribution in [0.15, 0.2) is 34.4 Å². The monoisotopic (exact) mass is 288 g/mol. The Bertz CT molecular complexity index is 591. The maximum absolute atomic E-state index is 4.74. The van der Waals surface area contributed by atoms with Crippen molar-refractivity contribution >= 4 is 17.6 Å². The summed E-state index contributed by atoms with van der Waals surface area (Å²) in [4.78, 5) is 14.5. The zero-order valence-electron chi connectivity index (χ0n) is 12.6. The van der Waals surface area contributed by atoms with E-state index in [4.69, 9.17) is 4.98 Å². The summed E-state index contributed by atoms with van der Waals surface area (Å²) in [5, 5.41) is 4.14. The van der Waals surface area contributed by atoms with Crippen molar-refractivity contribution in [2.45, 2.75) is 43.0 Å². The lowest BCUT2D eigenvalue weighted by Crippen LogP contribution is -2.18. The van der Waals surface area contributed by atoms with Gasteiger partial charge in [-0.1, -0.05) is 32.5 Å². The van der Waals surface area contributed by atoms with Gasteiger partial charge in [0.2, 0.25) is 0 Å². The highest BCUT2D eigenvalue weighted by Crippen LogP contribution is 2.32. The van der Waals surface area contributed by atoms with Gasteiger partial charge in [-0.25, -0.2) is 9.97 Å². The number of hydrogen-bond acceptors (Lipinski definition) is 5. The molecule has 2 aromatic heterocycles. The van der Waals surface area contributed by atoms with Gasteiger partial charge in [0.25, 0.3) is 0 Å². The summed E-state index contributed by atoms with van der Waals surface area (Å²) in [5.41, 5.74) is 0.995. The molecular formula is C15H20N4S. The summed E-state index contributed by atoms with van der Waals surface area (Å²) < 4.78 is 0. The second kappa shape index (κ2) is 5.79. The van der Waals surface area contributed by atoms with E-state index in [1.807, 2.05) is 26.1 Å². The van der Waals surface area contributed by atoms with Crippen molar-refractivity contribution < 1.29 is 0 Å². The zero-order chi connectivity index (χ0) is 14.8. The van der Waals surface area contributed by atoms with Gasteiger partial charge in [0, 0.05) is 35.3 Å². The summed E-state index contributed by atoms with van der Waals surface area (Å²) in [7, 11) is 1.89. The van der Waals surface area contributed by atoms with Crippen molar-refractivity contribution in [2.24, 2.45) is 0 Å². The van der Waals surface area contributed by atoms with Gasteiger partial charge in [-0.15, -0.1) is 0 Å². The Morgan fingerprint density at radius 3 is 2.30 bits per heavy atom. The Morgan fingerprint density at radius 1 is 1.10 bits per heavy atom.